The number of anilines is 2. The van der Waals surface area contributed by atoms with E-state index in [0.29, 0.717) is 22.4 Å². The number of nitrogens with zero attached hydrogens (tertiary/aromatic N) is 2. The SMILES string of the molecule is CC(C(=O)Nc1ccc(F)cc1)C12CC(Nc3ncnc4ccc(F)cc34)(C1)C2. The maximum atomic E-state index is 13.7. The van der Waals surface area contributed by atoms with E-state index < -0.39 is 0 Å². The number of carbonyl (C=O) groups is 1. The van der Waals surface area contributed by atoms with Crippen LogP contribution in [0.25, 0.3) is 10.9 Å². The molecule has 3 saturated carbocycles. The zero-order chi connectivity index (χ0) is 20.2. The Hall–Kier alpha value is -3.09. The average molecular weight is 394 g/mol. The fourth-order valence-electron chi connectivity index (χ4n) is 4.90. The first-order chi connectivity index (χ1) is 13.9. The van der Waals surface area contributed by atoms with E-state index in [2.05, 4.69) is 20.6 Å². The van der Waals surface area contributed by atoms with E-state index in [4.69, 9.17) is 0 Å². The van der Waals surface area contributed by atoms with Crippen LogP contribution < -0.4 is 10.6 Å². The summed E-state index contributed by atoms with van der Waals surface area (Å²) in [6.07, 6.45) is 4.05. The van der Waals surface area contributed by atoms with Crippen molar-refractivity contribution in [2.24, 2.45) is 11.3 Å². The minimum Gasteiger partial charge on any atom is -0.364 e. The largest absolute Gasteiger partial charge is 0.364 e. The number of aromatic nitrogens is 2. The van der Waals surface area contributed by atoms with Gasteiger partial charge in [0.2, 0.25) is 5.91 Å². The summed E-state index contributed by atoms with van der Waals surface area (Å²) >= 11 is 0. The second-order valence-electron chi connectivity index (χ2n) is 8.40. The maximum absolute atomic E-state index is 13.7. The van der Waals surface area contributed by atoms with Crippen LogP contribution in [0, 0.1) is 23.0 Å². The predicted octanol–water partition coefficient (Wildman–Crippen LogP) is 4.52. The minimum absolute atomic E-state index is 0.0365. The van der Waals surface area contributed by atoms with Crippen molar-refractivity contribution in [1.82, 2.24) is 9.97 Å². The van der Waals surface area contributed by atoms with Crippen LogP contribution in [0.3, 0.4) is 0 Å². The summed E-state index contributed by atoms with van der Waals surface area (Å²) in [5, 5.41) is 7.01. The first-order valence-electron chi connectivity index (χ1n) is 9.63. The lowest BCUT2D eigenvalue weighted by molar-refractivity contribution is -0.166. The molecule has 1 heterocycles. The quantitative estimate of drug-likeness (QED) is 0.668. The number of fused-ring (bicyclic) bond motifs is 1. The highest BCUT2D eigenvalue weighted by atomic mass is 19.1. The second-order valence-corrected chi connectivity index (χ2v) is 8.40. The summed E-state index contributed by atoms with van der Waals surface area (Å²) < 4.78 is 26.7. The molecule has 1 unspecified atom stereocenters. The standard InChI is InChI=1S/C22H20F2N4O/c1-13(20(29)27-16-5-2-14(23)3-6-16)21-9-22(10-21,11-21)28-19-17-8-15(24)4-7-18(17)25-12-26-19/h2-8,12-13H,9-11H2,1H3,(H,27,29)(H,25,26,28). The van der Waals surface area contributed by atoms with E-state index in [1.165, 1.54) is 30.6 Å². The van der Waals surface area contributed by atoms with E-state index in [-0.39, 0.29) is 34.4 Å². The van der Waals surface area contributed by atoms with Crippen LogP contribution >= 0.6 is 0 Å². The molecule has 2 bridgehead atoms. The molecular formula is C22H20F2N4O. The van der Waals surface area contributed by atoms with Gasteiger partial charge < -0.3 is 10.6 Å². The number of carbonyl (C=O) groups excluding carboxylic acids is 1. The molecule has 148 valence electrons. The predicted molar refractivity (Wildman–Crippen MR) is 106 cm³/mol. The molecule has 7 heteroatoms. The smallest absolute Gasteiger partial charge is 0.227 e. The summed E-state index contributed by atoms with van der Waals surface area (Å²) in [5.74, 6) is -0.238. The van der Waals surface area contributed by atoms with Gasteiger partial charge in [0.1, 0.15) is 23.8 Å². The Bertz CT molecular complexity index is 1100. The van der Waals surface area contributed by atoms with Crippen molar-refractivity contribution in [3.8, 4) is 0 Å². The third kappa shape index (κ3) is 2.92. The zero-order valence-electron chi connectivity index (χ0n) is 15.9. The van der Waals surface area contributed by atoms with E-state index in [1.807, 2.05) is 6.92 Å². The number of benzene rings is 2. The molecule has 2 aromatic carbocycles. The van der Waals surface area contributed by atoms with Gasteiger partial charge in [-0.3, -0.25) is 4.79 Å². The Morgan fingerprint density at radius 2 is 1.72 bits per heavy atom. The van der Waals surface area contributed by atoms with Crippen molar-refractivity contribution in [3.63, 3.8) is 0 Å². The number of amides is 1. The third-order valence-electron chi connectivity index (χ3n) is 6.48. The molecule has 1 atom stereocenters. The lowest BCUT2D eigenvalue weighted by Gasteiger charge is -2.72. The van der Waals surface area contributed by atoms with Crippen molar-refractivity contribution in [2.45, 2.75) is 31.7 Å². The first-order valence-corrected chi connectivity index (χ1v) is 9.63. The van der Waals surface area contributed by atoms with Gasteiger partial charge in [0.15, 0.2) is 0 Å². The topological polar surface area (TPSA) is 66.9 Å². The van der Waals surface area contributed by atoms with Gasteiger partial charge in [-0.15, -0.1) is 0 Å². The summed E-state index contributed by atoms with van der Waals surface area (Å²) in [5.41, 5.74) is 1.15. The molecule has 6 rings (SSSR count). The highest BCUT2D eigenvalue weighted by Crippen LogP contribution is 2.71. The molecule has 5 nitrogen and oxygen atoms in total. The van der Waals surface area contributed by atoms with Gasteiger partial charge in [0.05, 0.1) is 5.52 Å². The highest BCUT2D eigenvalue weighted by Gasteiger charge is 2.70. The van der Waals surface area contributed by atoms with Crippen LogP contribution in [0.1, 0.15) is 26.2 Å². The molecule has 0 radical (unpaired) electrons. The zero-order valence-corrected chi connectivity index (χ0v) is 15.9. The van der Waals surface area contributed by atoms with Gasteiger partial charge in [-0.25, -0.2) is 18.7 Å². The number of nitrogens with one attached hydrogen (secondary N) is 2. The normalized spacial score (nSPS) is 25.6. The van der Waals surface area contributed by atoms with Gasteiger partial charge in [-0.05, 0) is 67.1 Å². The summed E-state index contributed by atoms with van der Waals surface area (Å²) in [4.78, 5) is 21.1. The third-order valence-corrected chi connectivity index (χ3v) is 6.48. The average Bonchev–Trinajstić information content (AvgIpc) is 2.65. The first kappa shape index (κ1) is 18.0. The summed E-state index contributed by atoms with van der Waals surface area (Å²) in [7, 11) is 0. The summed E-state index contributed by atoms with van der Waals surface area (Å²) in [6.45, 7) is 1.94. The van der Waals surface area contributed by atoms with Crippen LogP contribution in [-0.4, -0.2) is 21.4 Å². The lowest BCUT2D eigenvalue weighted by Crippen LogP contribution is -2.74. The Kier molecular flexibility index (Phi) is 3.84. The Balaban J connectivity index is 1.26. The van der Waals surface area contributed by atoms with Gasteiger partial charge in [-0.2, -0.15) is 0 Å². The van der Waals surface area contributed by atoms with Crippen molar-refractivity contribution in [3.05, 3.63) is 60.4 Å². The molecular weight excluding hydrogens is 374 g/mol. The van der Waals surface area contributed by atoms with Crippen molar-refractivity contribution in [1.29, 1.82) is 0 Å². The van der Waals surface area contributed by atoms with Crippen molar-refractivity contribution in [2.75, 3.05) is 10.6 Å². The molecule has 1 amide bonds. The number of halogens is 2. The Morgan fingerprint density at radius 1 is 1.03 bits per heavy atom. The lowest BCUT2D eigenvalue weighted by atomic mass is 9.36. The molecule has 0 spiro atoms. The Labute approximate surface area is 166 Å². The Morgan fingerprint density at radius 3 is 2.45 bits per heavy atom. The molecule has 3 fully saturated rings. The molecule has 3 aliphatic carbocycles. The van der Waals surface area contributed by atoms with Crippen molar-refractivity contribution >= 4 is 28.3 Å². The van der Waals surface area contributed by atoms with Gasteiger partial charge in [0.25, 0.3) is 0 Å². The van der Waals surface area contributed by atoms with Gasteiger partial charge in [-0.1, -0.05) is 6.92 Å². The fraction of sp³-hybridized carbons (Fsp3) is 0.318. The monoisotopic (exact) mass is 394 g/mol. The number of hydrogen-bond donors (Lipinski definition) is 2. The summed E-state index contributed by atoms with van der Waals surface area (Å²) in [6, 6.07) is 10.2. The molecule has 29 heavy (non-hydrogen) atoms. The number of rotatable bonds is 5. The van der Waals surface area contributed by atoms with Crippen LogP contribution in [0.15, 0.2) is 48.8 Å². The van der Waals surface area contributed by atoms with E-state index in [9.17, 15) is 13.6 Å². The van der Waals surface area contributed by atoms with Crippen LogP contribution in [0.5, 0.6) is 0 Å². The van der Waals surface area contributed by atoms with Crippen LogP contribution in [0.4, 0.5) is 20.3 Å². The fourth-order valence-corrected chi connectivity index (χ4v) is 4.90. The van der Waals surface area contributed by atoms with E-state index >= 15 is 0 Å². The van der Waals surface area contributed by atoms with Gasteiger partial charge in [0, 0.05) is 22.5 Å². The van der Waals surface area contributed by atoms with Crippen molar-refractivity contribution < 1.29 is 13.6 Å². The molecule has 3 aromatic rings. The second kappa shape index (κ2) is 6.20. The molecule has 2 N–H and O–H groups in total. The van der Waals surface area contributed by atoms with Gasteiger partial charge >= 0.3 is 0 Å². The highest BCUT2D eigenvalue weighted by molar-refractivity contribution is 5.93. The minimum atomic E-state index is -0.333. The van der Waals surface area contributed by atoms with E-state index in [1.54, 1.807) is 18.2 Å². The van der Waals surface area contributed by atoms with Crippen LogP contribution in [-0.2, 0) is 4.79 Å². The maximum Gasteiger partial charge on any atom is 0.227 e. The molecule has 0 aliphatic heterocycles. The van der Waals surface area contributed by atoms with E-state index in [0.717, 1.165) is 19.3 Å². The molecule has 1 aromatic heterocycles. The van der Waals surface area contributed by atoms with Crippen LogP contribution in [0.2, 0.25) is 0 Å². The molecule has 0 saturated heterocycles. The molecule has 3 aliphatic rings. The number of hydrogen-bond acceptors (Lipinski definition) is 4.